The van der Waals surface area contributed by atoms with Gasteiger partial charge < -0.3 is 15.3 Å². The van der Waals surface area contributed by atoms with Crippen LogP contribution in [0.2, 0.25) is 0 Å². The van der Waals surface area contributed by atoms with Crippen molar-refractivity contribution in [2.45, 2.75) is 10.6 Å². The van der Waals surface area contributed by atoms with E-state index in [0.717, 1.165) is 0 Å². The molecule has 0 atom stereocenters. The third-order valence-electron chi connectivity index (χ3n) is 2.31. The molecule has 0 saturated heterocycles. The van der Waals surface area contributed by atoms with Gasteiger partial charge >= 0.3 is 5.97 Å². The smallest absolute Gasteiger partial charge is 0.339 e. The Morgan fingerprint density at radius 2 is 2.22 bits per heavy atom. The normalized spacial score (nSPS) is 10.5. The molecule has 0 radical (unpaired) electrons. The van der Waals surface area contributed by atoms with Crippen molar-refractivity contribution in [2.24, 2.45) is 0 Å². The number of nitrogens with two attached hydrogens (primary N) is 1. The first-order chi connectivity index (χ1) is 8.58. The first-order valence-electron chi connectivity index (χ1n) is 5.05. The molecular formula is C12H10FNO3S. The molecule has 0 aliphatic carbocycles. The summed E-state index contributed by atoms with van der Waals surface area (Å²) in [5.41, 5.74) is 6.10. The summed E-state index contributed by atoms with van der Waals surface area (Å²) in [5.74, 6) is -0.756. The lowest BCUT2D eigenvalue weighted by molar-refractivity contribution is 0.0695. The third-order valence-corrected chi connectivity index (χ3v) is 3.40. The lowest BCUT2D eigenvalue weighted by Crippen LogP contribution is -1.98. The SMILES string of the molecule is Nc1cc(F)ccc1SCc1occc1C(=O)O. The second kappa shape index (κ2) is 5.14. The predicted molar refractivity (Wildman–Crippen MR) is 66.0 cm³/mol. The first kappa shape index (κ1) is 12.5. The van der Waals surface area contributed by atoms with Crippen LogP contribution in [-0.4, -0.2) is 11.1 Å². The van der Waals surface area contributed by atoms with Crippen LogP contribution in [0.1, 0.15) is 16.1 Å². The van der Waals surface area contributed by atoms with Crippen LogP contribution in [0.4, 0.5) is 10.1 Å². The molecule has 0 amide bonds. The van der Waals surface area contributed by atoms with Crippen molar-refractivity contribution in [3.05, 3.63) is 47.7 Å². The van der Waals surface area contributed by atoms with Crippen molar-refractivity contribution >= 4 is 23.4 Å². The number of furan rings is 1. The number of carbonyl (C=O) groups is 1. The zero-order chi connectivity index (χ0) is 13.1. The number of rotatable bonds is 4. The molecule has 2 rings (SSSR count). The number of carboxylic acid groups (broad SMARTS) is 1. The molecule has 0 saturated carbocycles. The molecule has 1 aromatic heterocycles. The quantitative estimate of drug-likeness (QED) is 0.657. The van der Waals surface area contributed by atoms with E-state index >= 15 is 0 Å². The summed E-state index contributed by atoms with van der Waals surface area (Å²) in [4.78, 5) is 11.5. The zero-order valence-corrected chi connectivity index (χ0v) is 10.0. The van der Waals surface area contributed by atoms with E-state index in [9.17, 15) is 9.18 Å². The topological polar surface area (TPSA) is 76.5 Å². The Balaban J connectivity index is 2.11. The van der Waals surface area contributed by atoms with E-state index in [-0.39, 0.29) is 5.56 Å². The number of benzene rings is 1. The van der Waals surface area contributed by atoms with Crippen molar-refractivity contribution in [1.82, 2.24) is 0 Å². The van der Waals surface area contributed by atoms with Crippen LogP contribution in [0.25, 0.3) is 0 Å². The van der Waals surface area contributed by atoms with E-state index in [1.807, 2.05) is 0 Å². The first-order valence-corrected chi connectivity index (χ1v) is 6.04. The van der Waals surface area contributed by atoms with Gasteiger partial charge in [0.25, 0.3) is 0 Å². The minimum absolute atomic E-state index is 0.128. The van der Waals surface area contributed by atoms with Crippen LogP contribution in [0.5, 0.6) is 0 Å². The highest BCUT2D eigenvalue weighted by Gasteiger charge is 2.14. The van der Waals surface area contributed by atoms with Crippen LogP contribution >= 0.6 is 11.8 Å². The van der Waals surface area contributed by atoms with Crippen LogP contribution in [-0.2, 0) is 5.75 Å². The van der Waals surface area contributed by atoms with Gasteiger partial charge in [-0.1, -0.05) is 0 Å². The third kappa shape index (κ3) is 2.65. The molecule has 18 heavy (non-hydrogen) atoms. The number of thioether (sulfide) groups is 1. The summed E-state index contributed by atoms with van der Waals surface area (Å²) < 4.78 is 17.9. The van der Waals surface area contributed by atoms with E-state index < -0.39 is 11.8 Å². The molecule has 0 unspecified atom stereocenters. The number of hydrogen-bond donors (Lipinski definition) is 2. The number of aromatic carboxylic acids is 1. The van der Waals surface area contributed by atoms with E-state index in [2.05, 4.69) is 0 Å². The monoisotopic (exact) mass is 267 g/mol. The van der Waals surface area contributed by atoms with Crippen LogP contribution in [0, 0.1) is 5.82 Å². The van der Waals surface area contributed by atoms with Gasteiger partial charge in [0.2, 0.25) is 0 Å². The molecule has 94 valence electrons. The van der Waals surface area contributed by atoms with Gasteiger partial charge in [-0.25, -0.2) is 9.18 Å². The molecule has 4 nitrogen and oxygen atoms in total. The molecule has 0 spiro atoms. The molecule has 0 aliphatic heterocycles. The van der Waals surface area contributed by atoms with Crippen molar-refractivity contribution in [2.75, 3.05) is 5.73 Å². The molecule has 0 fully saturated rings. The molecule has 2 aromatic rings. The maximum Gasteiger partial charge on any atom is 0.339 e. The molecule has 0 aliphatic rings. The summed E-state index contributed by atoms with van der Waals surface area (Å²) in [6.45, 7) is 0. The summed E-state index contributed by atoms with van der Waals surface area (Å²) in [6.07, 6.45) is 1.33. The summed E-state index contributed by atoms with van der Waals surface area (Å²) in [7, 11) is 0. The number of anilines is 1. The Hall–Kier alpha value is -1.95. The Labute approximate surface area is 107 Å². The van der Waals surface area contributed by atoms with E-state index in [4.69, 9.17) is 15.3 Å². The lowest BCUT2D eigenvalue weighted by atomic mass is 10.3. The molecule has 1 heterocycles. The van der Waals surface area contributed by atoms with E-state index in [1.165, 1.54) is 36.2 Å². The number of nitrogen functional groups attached to an aromatic ring is 1. The second-order valence-corrected chi connectivity index (χ2v) is 4.55. The van der Waals surface area contributed by atoms with E-state index in [0.29, 0.717) is 22.1 Å². The van der Waals surface area contributed by atoms with Gasteiger partial charge in [-0.3, -0.25) is 0 Å². The second-order valence-electron chi connectivity index (χ2n) is 3.53. The fraction of sp³-hybridized carbons (Fsp3) is 0.0833. The van der Waals surface area contributed by atoms with Gasteiger partial charge in [0.05, 0.1) is 12.0 Å². The van der Waals surface area contributed by atoms with Crippen LogP contribution < -0.4 is 5.73 Å². The molecule has 6 heteroatoms. The highest BCUT2D eigenvalue weighted by atomic mass is 32.2. The average Bonchev–Trinajstić information content (AvgIpc) is 2.76. The minimum Gasteiger partial charge on any atom is -0.478 e. The predicted octanol–water partition coefficient (Wildman–Crippen LogP) is 2.99. The number of carboxylic acids is 1. The average molecular weight is 267 g/mol. The van der Waals surface area contributed by atoms with Crippen molar-refractivity contribution in [3.8, 4) is 0 Å². The van der Waals surface area contributed by atoms with E-state index in [1.54, 1.807) is 6.07 Å². The van der Waals surface area contributed by atoms with Crippen molar-refractivity contribution < 1.29 is 18.7 Å². The van der Waals surface area contributed by atoms with Gasteiger partial charge in [-0.05, 0) is 24.3 Å². The standard InChI is InChI=1S/C12H10FNO3S/c13-7-1-2-11(9(14)5-7)18-6-10-8(12(15)16)3-4-17-10/h1-5H,6,14H2,(H,15,16). The highest BCUT2D eigenvalue weighted by Crippen LogP contribution is 2.29. The Kier molecular flexibility index (Phi) is 3.57. The molecule has 3 N–H and O–H groups in total. The zero-order valence-electron chi connectivity index (χ0n) is 9.22. The maximum absolute atomic E-state index is 12.8. The van der Waals surface area contributed by atoms with Gasteiger partial charge in [-0.2, -0.15) is 0 Å². The fourth-order valence-electron chi connectivity index (χ4n) is 1.44. The lowest BCUT2D eigenvalue weighted by Gasteiger charge is -2.04. The number of hydrogen-bond acceptors (Lipinski definition) is 4. The van der Waals surface area contributed by atoms with Crippen LogP contribution in [0.3, 0.4) is 0 Å². The van der Waals surface area contributed by atoms with Gasteiger partial charge in [0.15, 0.2) is 0 Å². The molecule has 0 bridgehead atoms. The fourth-order valence-corrected chi connectivity index (χ4v) is 2.34. The van der Waals surface area contributed by atoms with Crippen LogP contribution in [0.15, 0.2) is 39.8 Å². The van der Waals surface area contributed by atoms with Gasteiger partial charge in [0.1, 0.15) is 17.1 Å². The Morgan fingerprint density at radius 1 is 1.44 bits per heavy atom. The Morgan fingerprint density at radius 3 is 2.89 bits per heavy atom. The molecular weight excluding hydrogens is 257 g/mol. The summed E-state index contributed by atoms with van der Waals surface area (Å²) in [6, 6.07) is 5.48. The van der Waals surface area contributed by atoms with Gasteiger partial charge in [0, 0.05) is 10.6 Å². The summed E-state index contributed by atoms with van der Waals surface area (Å²) >= 11 is 1.30. The van der Waals surface area contributed by atoms with Crippen molar-refractivity contribution in [1.29, 1.82) is 0 Å². The van der Waals surface area contributed by atoms with Gasteiger partial charge in [-0.15, -0.1) is 11.8 Å². The number of halogens is 1. The highest BCUT2D eigenvalue weighted by molar-refractivity contribution is 7.98. The maximum atomic E-state index is 12.8. The summed E-state index contributed by atoms with van der Waals surface area (Å²) in [5, 5.41) is 8.90. The molecule has 1 aromatic carbocycles. The largest absolute Gasteiger partial charge is 0.478 e. The minimum atomic E-state index is -1.04. The Bertz CT molecular complexity index is 582. The van der Waals surface area contributed by atoms with Crippen molar-refractivity contribution in [3.63, 3.8) is 0 Å².